The highest BCUT2D eigenvalue weighted by atomic mass is 32.2. The van der Waals surface area contributed by atoms with E-state index < -0.39 is 23.4 Å². The van der Waals surface area contributed by atoms with Crippen LogP contribution in [0.25, 0.3) is 6.08 Å². The van der Waals surface area contributed by atoms with Crippen LogP contribution in [0.5, 0.6) is 17.2 Å². The minimum atomic E-state index is -4.73. The monoisotopic (exact) mass is 478 g/mol. The van der Waals surface area contributed by atoms with E-state index in [2.05, 4.69) is 0 Å². The molecule has 2 amide bonds. The number of methoxy groups -OCH3 is 1. The first-order valence-corrected chi connectivity index (χ1v) is 10.8. The maximum Gasteiger partial charge on any atom is 0.420 e. The molecule has 33 heavy (non-hydrogen) atoms. The molecule has 2 aromatic carbocycles. The van der Waals surface area contributed by atoms with E-state index in [1.807, 2.05) is 0 Å². The van der Waals surface area contributed by atoms with Gasteiger partial charge in [-0.1, -0.05) is 6.07 Å². The molecule has 2 aromatic rings. The first kappa shape index (κ1) is 25.8. The van der Waals surface area contributed by atoms with E-state index in [1.165, 1.54) is 25.3 Å². The van der Waals surface area contributed by atoms with E-state index in [4.69, 9.17) is 14.7 Å². The van der Waals surface area contributed by atoms with Crippen LogP contribution in [0.4, 0.5) is 13.2 Å². The fourth-order valence-corrected chi connectivity index (χ4v) is 3.31. The molecule has 0 saturated carbocycles. The van der Waals surface area contributed by atoms with Crippen molar-refractivity contribution in [1.82, 2.24) is 4.90 Å². The van der Waals surface area contributed by atoms with Gasteiger partial charge in [-0.15, -0.1) is 11.8 Å². The summed E-state index contributed by atoms with van der Waals surface area (Å²) in [4.78, 5) is 25.2. The quantitative estimate of drug-likeness (QED) is 0.370. The van der Waals surface area contributed by atoms with Crippen molar-refractivity contribution in [2.75, 3.05) is 13.4 Å². The minimum absolute atomic E-state index is 0.0126. The number of halogens is 3. The van der Waals surface area contributed by atoms with Crippen molar-refractivity contribution >= 4 is 30.2 Å². The number of alkyl halides is 3. The Labute approximate surface area is 193 Å². The number of carbonyl (C=O) groups excluding carboxylic acids is 2. The topological polar surface area (TPSA) is 79.6 Å². The van der Waals surface area contributed by atoms with Crippen LogP contribution in [0.1, 0.15) is 30.5 Å². The molecular weight excluding hydrogens is 457 g/mol. The second-order valence-electron chi connectivity index (χ2n) is 6.96. The summed E-state index contributed by atoms with van der Waals surface area (Å²) in [6.45, 7) is 3.41. The molecule has 0 bridgehead atoms. The lowest BCUT2D eigenvalue weighted by molar-refractivity contribution is -0.139. The number of carbonyl (C=O) groups is 2. The Balaban J connectivity index is 2.44. The third-order valence-corrected chi connectivity index (χ3v) is 5.19. The molecule has 0 radical (unpaired) electrons. The lowest BCUT2D eigenvalue weighted by atomic mass is 10.1. The predicted octanol–water partition coefficient (Wildman–Crippen LogP) is 5.48. The van der Waals surface area contributed by atoms with Gasteiger partial charge in [0.15, 0.2) is 11.5 Å². The zero-order chi connectivity index (χ0) is 24.8. The molecule has 0 aliphatic heterocycles. The lowest BCUT2D eigenvalue weighted by Crippen LogP contribution is -2.36. The Morgan fingerprint density at radius 1 is 1.15 bits per heavy atom. The molecule has 0 unspecified atom stereocenters. The molecule has 174 valence electrons. The molecule has 0 aromatic heterocycles. The smallest absolute Gasteiger partial charge is 0.420 e. The molecule has 0 N–H and O–H groups in total. The SMILES string of the molecule is COc1cc(/C=C(\SC)C(=O)N(C=O)C(C)C)ccc1Oc1ccc(C#N)cc1C(F)(F)F. The normalized spacial score (nSPS) is 11.7. The molecule has 0 aliphatic rings. The van der Waals surface area contributed by atoms with Gasteiger partial charge >= 0.3 is 6.18 Å². The lowest BCUT2D eigenvalue weighted by Gasteiger charge is -2.20. The van der Waals surface area contributed by atoms with Gasteiger partial charge < -0.3 is 9.47 Å². The van der Waals surface area contributed by atoms with Crippen LogP contribution in [0.3, 0.4) is 0 Å². The molecule has 0 aliphatic carbocycles. The maximum atomic E-state index is 13.4. The van der Waals surface area contributed by atoms with Crippen LogP contribution < -0.4 is 9.47 Å². The van der Waals surface area contributed by atoms with E-state index >= 15 is 0 Å². The van der Waals surface area contributed by atoms with Gasteiger partial charge in [0.2, 0.25) is 6.41 Å². The Bertz CT molecular complexity index is 1110. The highest BCUT2D eigenvalue weighted by Crippen LogP contribution is 2.41. The van der Waals surface area contributed by atoms with E-state index in [-0.39, 0.29) is 28.0 Å². The summed E-state index contributed by atoms with van der Waals surface area (Å²) < 4.78 is 51.0. The van der Waals surface area contributed by atoms with Gasteiger partial charge in [-0.2, -0.15) is 18.4 Å². The average Bonchev–Trinajstić information content (AvgIpc) is 2.77. The van der Waals surface area contributed by atoms with Crippen LogP contribution >= 0.6 is 11.8 Å². The third kappa shape index (κ3) is 6.29. The fraction of sp³-hybridized carbons (Fsp3) is 0.261. The first-order valence-electron chi connectivity index (χ1n) is 9.56. The molecule has 0 spiro atoms. The Hall–Kier alpha value is -3.45. The largest absolute Gasteiger partial charge is 0.493 e. The number of hydrogen-bond acceptors (Lipinski definition) is 6. The molecule has 0 heterocycles. The van der Waals surface area contributed by atoms with E-state index in [1.54, 1.807) is 38.3 Å². The highest BCUT2D eigenvalue weighted by molar-refractivity contribution is 8.03. The van der Waals surface area contributed by atoms with Gasteiger partial charge in [-0.05, 0) is 62.1 Å². The fourth-order valence-electron chi connectivity index (χ4n) is 2.78. The van der Waals surface area contributed by atoms with Crippen LogP contribution in [0.15, 0.2) is 41.3 Å². The summed E-state index contributed by atoms with van der Waals surface area (Å²) in [6.07, 6.45) is -1.04. The molecule has 10 heteroatoms. The van der Waals surface area contributed by atoms with Crippen LogP contribution in [-0.2, 0) is 15.8 Å². The predicted molar refractivity (Wildman–Crippen MR) is 119 cm³/mol. The summed E-state index contributed by atoms with van der Waals surface area (Å²) in [6, 6.07) is 8.79. The number of hydrogen-bond donors (Lipinski definition) is 0. The second-order valence-corrected chi connectivity index (χ2v) is 7.81. The van der Waals surface area contributed by atoms with Crippen LogP contribution in [0, 0.1) is 11.3 Å². The van der Waals surface area contributed by atoms with Crippen molar-refractivity contribution in [3.8, 4) is 23.3 Å². The summed E-state index contributed by atoms with van der Waals surface area (Å²) in [5.41, 5.74) is -0.727. The zero-order valence-corrected chi connectivity index (χ0v) is 19.1. The molecule has 6 nitrogen and oxygen atoms in total. The van der Waals surface area contributed by atoms with Crippen molar-refractivity contribution in [2.45, 2.75) is 26.1 Å². The number of ether oxygens (including phenoxy) is 2. The molecular formula is C23H21F3N2O4S. The molecule has 0 saturated heterocycles. The highest BCUT2D eigenvalue weighted by Gasteiger charge is 2.35. The van der Waals surface area contributed by atoms with Gasteiger partial charge in [-0.25, -0.2) is 0 Å². The zero-order valence-electron chi connectivity index (χ0n) is 18.3. The van der Waals surface area contributed by atoms with Crippen LogP contribution in [-0.4, -0.2) is 36.6 Å². The van der Waals surface area contributed by atoms with Crippen molar-refractivity contribution < 1.29 is 32.2 Å². The Kier molecular flexibility index (Phi) is 8.54. The number of rotatable bonds is 8. The molecule has 0 fully saturated rings. The van der Waals surface area contributed by atoms with E-state index in [0.29, 0.717) is 18.0 Å². The van der Waals surface area contributed by atoms with Gasteiger partial charge in [0.05, 0.1) is 29.2 Å². The van der Waals surface area contributed by atoms with Gasteiger partial charge in [0.25, 0.3) is 5.91 Å². The summed E-state index contributed by atoms with van der Waals surface area (Å²) in [5.74, 6) is -0.815. The summed E-state index contributed by atoms with van der Waals surface area (Å²) in [7, 11) is 1.33. The van der Waals surface area contributed by atoms with Crippen molar-refractivity contribution in [2.24, 2.45) is 0 Å². The maximum absolute atomic E-state index is 13.4. The number of imide groups is 1. The summed E-state index contributed by atoms with van der Waals surface area (Å²) >= 11 is 1.15. The third-order valence-electron chi connectivity index (χ3n) is 4.45. The first-order chi connectivity index (χ1) is 15.5. The van der Waals surface area contributed by atoms with Crippen molar-refractivity contribution in [1.29, 1.82) is 5.26 Å². The number of amides is 2. The van der Waals surface area contributed by atoms with Gasteiger partial charge in [0, 0.05) is 6.04 Å². The average molecular weight is 478 g/mol. The van der Waals surface area contributed by atoms with Crippen molar-refractivity contribution in [3.63, 3.8) is 0 Å². The number of thioether (sulfide) groups is 1. The Morgan fingerprint density at radius 3 is 2.33 bits per heavy atom. The van der Waals surface area contributed by atoms with Gasteiger partial charge in [-0.3, -0.25) is 14.5 Å². The number of nitriles is 1. The molecule has 0 atom stereocenters. The van der Waals surface area contributed by atoms with E-state index in [9.17, 15) is 22.8 Å². The molecule has 2 rings (SSSR count). The van der Waals surface area contributed by atoms with Crippen LogP contribution in [0.2, 0.25) is 0 Å². The second kappa shape index (κ2) is 10.9. The van der Waals surface area contributed by atoms with Crippen molar-refractivity contribution in [3.05, 3.63) is 58.0 Å². The number of benzene rings is 2. The standard InChI is InChI=1S/C23H21F3N2O4S/c1-14(2)28(13-29)22(30)21(33-4)11-15-5-8-19(20(10-15)31-3)32-18-7-6-16(12-27)9-17(18)23(24,25)26/h5-11,13-14H,1-4H3/b21-11-. The Morgan fingerprint density at radius 2 is 1.82 bits per heavy atom. The van der Waals surface area contributed by atoms with Gasteiger partial charge in [0.1, 0.15) is 5.75 Å². The summed E-state index contributed by atoms with van der Waals surface area (Å²) in [5, 5.41) is 8.90. The number of nitrogens with zero attached hydrogens (tertiary/aromatic N) is 2. The minimum Gasteiger partial charge on any atom is -0.493 e. The van der Waals surface area contributed by atoms with E-state index in [0.717, 1.165) is 22.7 Å².